The Morgan fingerprint density at radius 1 is 1.11 bits per heavy atom. The van der Waals surface area contributed by atoms with Crippen LogP contribution in [0, 0.1) is 0 Å². The topological polar surface area (TPSA) is 66.7 Å². The third-order valence-electron chi connectivity index (χ3n) is 5.24. The fourth-order valence-corrected chi connectivity index (χ4v) is 3.72. The molecule has 1 saturated heterocycles. The zero-order chi connectivity index (χ0) is 18.8. The number of benzene rings is 1. The van der Waals surface area contributed by atoms with Crippen LogP contribution >= 0.6 is 0 Å². The summed E-state index contributed by atoms with van der Waals surface area (Å²) in [6.07, 6.45) is 9.12. The van der Waals surface area contributed by atoms with Gasteiger partial charge in [-0.25, -0.2) is 9.97 Å². The Bertz CT molecular complexity index is 988. The van der Waals surface area contributed by atoms with Crippen LogP contribution in [-0.2, 0) is 4.74 Å². The minimum Gasteiger partial charge on any atom is -0.378 e. The van der Waals surface area contributed by atoms with E-state index in [1.54, 1.807) is 6.20 Å². The molecule has 28 heavy (non-hydrogen) atoms. The van der Waals surface area contributed by atoms with Gasteiger partial charge in [0.15, 0.2) is 11.5 Å². The number of imidazole rings is 1. The minimum atomic E-state index is 0.771. The largest absolute Gasteiger partial charge is 0.378 e. The van der Waals surface area contributed by atoms with Crippen molar-refractivity contribution in [1.29, 1.82) is 0 Å². The molecule has 2 aromatic heterocycles. The van der Waals surface area contributed by atoms with E-state index < -0.39 is 0 Å². The van der Waals surface area contributed by atoms with Crippen molar-refractivity contribution in [2.45, 2.75) is 6.42 Å². The molecular weight excluding hydrogens is 352 g/mol. The summed E-state index contributed by atoms with van der Waals surface area (Å²) < 4.78 is 7.47. The molecule has 3 aromatic rings. The third kappa shape index (κ3) is 3.46. The zero-order valence-electron chi connectivity index (χ0n) is 15.8. The maximum absolute atomic E-state index is 5.44. The van der Waals surface area contributed by atoms with E-state index in [9.17, 15) is 0 Å². The highest BCUT2D eigenvalue weighted by Crippen LogP contribution is 2.25. The summed E-state index contributed by atoms with van der Waals surface area (Å²) in [5.74, 6) is 0.771. The van der Waals surface area contributed by atoms with Crippen LogP contribution in [0.25, 0.3) is 11.2 Å². The first-order chi connectivity index (χ1) is 13.9. The smallest absolute Gasteiger partial charge is 0.180 e. The maximum Gasteiger partial charge on any atom is 0.180 e. The molecule has 0 bridgehead atoms. The summed E-state index contributed by atoms with van der Waals surface area (Å²) in [6, 6.07) is 8.49. The molecule has 0 aliphatic carbocycles. The maximum atomic E-state index is 5.44. The molecule has 1 fully saturated rings. The second kappa shape index (κ2) is 7.61. The van der Waals surface area contributed by atoms with Gasteiger partial charge < -0.3 is 24.7 Å². The van der Waals surface area contributed by atoms with E-state index in [4.69, 9.17) is 9.72 Å². The van der Waals surface area contributed by atoms with Crippen molar-refractivity contribution in [3.05, 3.63) is 54.6 Å². The van der Waals surface area contributed by atoms with Crippen molar-refractivity contribution in [2.24, 2.45) is 0 Å². The average Bonchev–Trinajstić information content (AvgIpc) is 3.25. The molecule has 5 rings (SSSR count). The highest BCUT2D eigenvalue weighted by molar-refractivity contribution is 5.74. The monoisotopic (exact) mass is 376 g/mol. The number of aromatic nitrogens is 3. The minimum absolute atomic E-state index is 0.771. The molecule has 0 spiro atoms. The third-order valence-corrected chi connectivity index (χ3v) is 5.24. The Kier molecular flexibility index (Phi) is 4.68. The van der Waals surface area contributed by atoms with Crippen LogP contribution in [0.4, 0.5) is 17.2 Å². The lowest BCUT2D eigenvalue weighted by Crippen LogP contribution is -2.36. The van der Waals surface area contributed by atoms with E-state index in [2.05, 4.69) is 50.9 Å². The fraction of sp³-hybridized carbons (Fsp3) is 0.333. The highest BCUT2D eigenvalue weighted by atomic mass is 16.5. The van der Waals surface area contributed by atoms with Crippen molar-refractivity contribution >= 4 is 28.4 Å². The summed E-state index contributed by atoms with van der Waals surface area (Å²) in [5, 5.41) is 6.87. The Balaban J connectivity index is 1.42. The Labute approximate surface area is 164 Å². The van der Waals surface area contributed by atoms with Crippen LogP contribution < -0.4 is 15.5 Å². The summed E-state index contributed by atoms with van der Waals surface area (Å²) in [4.78, 5) is 11.7. The summed E-state index contributed by atoms with van der Waals surface area (Å²) in [5.41, 5.74) is 5.25. The van der Waals surface area contributed by atoms with Gasteiger partial charge in [0.25, 0.3) is 0 Å². The predicted molar refractivity (Wildman–Crippen MR) is 111 cm³/mol. The lowest BCUT2D eigenvalue weighted by molar-refractivity contribution is 0.122. The number of nitrogens with zero attached hydrogens (tertiary/aromatic N) is 4. The number of rotatable bonds is 4. The molecule has 2 aliphatic rings. The second-order valence-electron chi connectivity index (χ2n) is 7.10. The van der Waals surface area contributed by atoms with E-state index >= 15 is 0 Å². The second-order valence-corrected chi connectivity index (χ2v) is 7.10. The summed E-state index contributed by atoms with van der Waals surface area (Å²) in [7, 11) is 0. The molecule has 0 saturated carbocycles. The van der Waals surface area contributed by atoms with Gasteiger partial charge in [-0.2, -0.15) is 0 Å². The Morgan fingerprint density at radius 3 is 2.75 bits per heavy atom. The highest BCUT2D eigenvalue weighted by Gasteiger charge is 2.14. The number of ether oxygens (including phenoxy) is 1. The first-order valence-corrected chi connectivity index (χ1v) is 9.80. The van der Waals surface area contributed by atoms with Gasteiger partial charge in [0.05, 0.1) is 18.9 Å². The van der Waals surface area contributed by atoms with Crippen LogP contribution in [0.5, 0.6) is 0 Å². The van der Waals surface area contributed by atoms with Gasteiger partial charge in [0.1, 0.15) is 0 Å². The molecule has 2 aliphatic heterocycles. The molecule has 2 N–H and O–H groups in total. The normalized spacial score (nSPS) is 17.6. The number of anilines is 3. The summed E-state index contributed by atoms with van der Waals surface area (Å²) in [6.45, 7) is 5.33. The Morgan fingerprint density at radius 2 is 1.96 bits per heavy atom. The van der Waals surface area contributed by atoms with Gasteiger partial charge in [-0.1, -0.05) is 6.08 Å². The summed E-state index contributed by atoms with van der Waals surface area (Å²) >= 11 is 0. The fourth-order valence-electron chi connectivity index (χ4n) is 3.72. The molecule has 144 valence electrons. The van der Waals surface area contributed by atoms with Gasteiger partial charge >= 0.3 is 0 Å². The number of fused-ring (bicyclic) bond motifs is 1. The lowest BCUT2D eigenvalue weighted by Gasteiger charge is -2.28. The molecular formula is C21H24N6O. The van der Waals surface area contributed by atoms with Crippen molar-refractivity contribution in [1.82, 2.24) is 19.7 Å². The van der Waals surface area contributed by atoms with E-state index in [0.29, 0.717) is 0 Å². The van der Waals surface area contributed by atoms with Gasteiger partial charge in [-0.05, 0) is 42.8 Å². The van der Waals surface area contributed by atoms with E-state index in [1.807, 2.05) is 16.8 Å². The number of nitrogens with one attached hydrogen (secondary N) is 2. The molecule has 1 aromatic carbocycles. The van der Waals surface area contributed by atoms with Crippen LogP contribution in [0.3, 0.4) is 0 Å². The molecule has 0 atom stereocenters. The van der Waals surface area contributed by atoms with Crippen LogP contribution in [0.15, 0.2) is 48.9 Å². The zero-order valence-corrected chi connectivity index (χ0v) is 15.8. The van der Waals surface area contributed by atoms with Crippen LogP contribution in [0.1, 0.15) is 12.1 Å². The first-order valence-electron chi connectivity index (χ1n) is 9.80. The molecule has 0 radical (unpaired) electrons. The molecule has 0 unspecified atom stereocenters. The van der Waals surface area contributed by atoms with Crippen LogP contribution in [0.2, 0.25) is 0 Å². The van der Waals surface area contributed by atoms with Crippen molar-refractivity contribution in [2.75, 3.05) is 49.6 Å². The van der Waals surface area contributed by atoms with E-state index in [0.717, 1.165) is 68.7 Å². The Hall–Kier alpha value is -2.90. The van der Waals surface area contributed by atoms with Crippen molar-refractivity contribution in [3.8, 4) is 0 Å². The lowest BCUT2D eigenvalue weighted by atomic mass is 10.1. The quantitative estimate of drug-likeness (QED) is 0.730. The average molecular weight is 376 g/mol. The predicted octanol–water partition coefficient (Wildman–Crippen LogP) is 2.69. The number of morpholine rings is 1. The van der Waals surface area contributed by atoms with Crippen LogP contribution in [-0.4, -0.2) is 53.8 Å². The first kappa shape index (κ1) is 17.2. The van der Waals surface area contributed by atoms with Gasteiger partial charge in [-0.15, -0.1) is 0 Å². The SMILES string of the molecule is C1=C(c2cn3ccnc3c(Nc3ccc(N4CCOCC4)cc3)n2)CNCC1. The van der Waals surface area contributed by atoms with Gasteiger partial charge in [0, 0.05) is 49.6 Å². The number of hydrogen-bond acceptors (Lipinski definition) is 6. The van der Waals surface area contributed by atoms with Gasteiger partial charge in [-0.3, -0.25) is 0 Å². The molecule has 7 heteroatoms. The molecule has 7 nitrogen and oxygen atoms in total. The number of hydrogen-bond donors (Lipinski definition) is 2. The van der Waals surface area contributed by atoms with E-state index in [1.165, 1.54) is 11.3 Å². The molecule has 4 heterocycles. The van der Waals surface area contributed by atoms with E-state index in [-0.39, 0.29) is 0 Å². The molecule has 0 amide bonds. The van der Waals surface area contributed by atoms with Crippen molar-refractivity contribution in [3.63, 3.8) is 0 Å². The van der Waals surface area contributed by atoms with Gasteiger partial charge in [0.2, 0.25) is 0 Å². The standard InChI is InChI=1S/C21H24N6O/c1-2-16(14-22-7-1)19-15-27-9-8-23-21(27)20(25-19)24-17-3-5-18(6-4-17)26-10-12-28-13-11-26/h2-6,8-9,15,22H,1,7,10-14H2,(H,24,25). The van der Waals surface area contributed by atoms with Crippen molar-refractivity contribution < 1.29 is 4.74 Å².